The summed E-state index contributed by atoms with van der Waals surface area (Å²) < 4.78 is 2.15. The minimum absolute atomic E-state index is 0.212. The van der Waals surface area contributed by atoms with Crippen molar-refractivity contribution in [2.24, 2.45) is 0 Å². The molecule has 1 unspecified atom stereocenters. The van der Waals surface area contributed by atoms with Crippen molar-refractivity contribution < 1.29 is 0 Å². The molecule has 0 aliphatic heterocycles. The van der Waals surface area contributed by atoms with E-state index in [9.17, 15) is 0 Å². The van der Waals surface area contributed by atoms with Gasteiger partial charge in [0.25, 0.3) is 0 Å². The molecule has 80 valence electrons. The summed E-state index contributed by atoms with van der Waals surface area (Å²) in [5.41, 5.74) is 0. The third-order valence-electron chi connectivity index (χ3n) is 2.21. The molecule has 3 nitrogen and oxygen atoms in total. The zero-order valence-corrected chi connectivity index (χ0v) is 9.83. The van der Waals surface area contributed by atoms with Crippen LogP contribution in [-0.4, -0.2) is 40.0 Å². The van der Waals surface area contributed by atoms with Crippen molar-refractivity contribution in [1.82, 2.24) is 14.5 Å². The molecule has 0 aliphatic carbocycles. The number of aryl methyl sites for hydroxylation is 1. The normalized spacial score (nSPS) is 13.5. The highest BCUT2D eigenvalue weighted by Gasteiger charge is 2.03. The molecule has 0 saturated heterocycles. The predicted molar refractivity (Wildman–Crippen MR) is 59.8 cm³/mol. The Balaban J connectivity index is 2.30. The van der Waals surface area contributed by atoms with E-state index in [-0.39, 0.29) is 5.38 Å². The lowest BCUT2D eigenvalue weighted by atomic mass is 10.4. The summed E-state index contributed by atoms with van der Waals surface area (Å²) in [4.78, 5) is 6.41. The SMILES string of the molecule is Cc1nccn1CCN(C)CC(C)Cl. The maximum Gasteiger partial charge on any atom is 0.105 e. The maximum absolute atomic E-state index is 5.90. The van der Waals surface area contributed by atoms with Crippen molar-refractivity contribution in [3.63, 3.8) is 0 Å². The number of rotatable bonds is 5. The Hall–Kier alpha value is -0.540. The van der Waals surface area contributed by atoms with Crippen LogP contribution >= 0.6 is 11.6 Å². The quantitative estimate of drug-likeness (QED) is 0.698. The van der Waals surface area contributed by atoms with E-state index < -0.39 is 0 Å². The Morgan fingerprint density at radius 1 is 1.64 bits per heavy atom. The molecular weight excluding hydrogens is 198 g/mol. The van der Waals surface area contributed by atoms with E-state index in [0.29, 0.717) is 0 Å². The van der Waals surface area contributed by atoms with Crippen LogP contribution in [0.3, 0.4) is 0 Å². The summed E-state index contributed by atoms with van der Waals surface area (Å²) in [6, 6.07) is 0. The van der Waals surface area contributed by atoms with Gasteiger partial charge in [-0.25, -0.2) is 4.98 Å². The number of hydrogen-bond donors (Lipinski definition) is 0. The topological polar surface area (TPSA) is 21.1 Å². The average molecular weight is 216 g/mol. The van der Waals surface area contributed by atoms with Crippen LogP contribution in [0, 0.1) is 6.92 Å². The summed E-state index contributed by atoms with van der Waals surface area (Å²) in [5, 5.41) is 0.212. The molecule has 0 amide bonds. The van der Waals surface area contributed by atoms with Crippen LogP contribution in [0.1, 0.15) is 12.7 Å². The van der Waals surface area contributed by atoms with Crippen LogP contribution in [0.5, 0.6) is 0 Å². The number of alkyl halides is 1. The maximum atomic E-state index is 5.90. The first-order chi connectivity index (χ1) is 6.59. The second-order valence-corrected chi connectivity index (χ2v) is 4.46. The minimum atomic E-state index is 0.212. The van der Waals surface area contributed by atoms with Crippen molar-refractivity contribution in [2.45, 2.75) is 25.8 Å². The van der Waals surface area contributed by atoms with Crippen LogP contribution < -0.4 is 0 Å². The molecule has 14 heavy (non-hydrogen) atoms. The lowest BCUT2D eigenvalue weighted by Crippen LogP contribution is -2.28. The first-order valence-corrected chi connectivity index (χ1v) is 5.33. The summed E-state index contributed by atoms with van der Waals surface area (Å²) in [6.07, 6.45) is 3.84. The summed E-state index contributed by atoms with van der Waals surface area (Å²) in [6.45, 7) is 6.94. The number of nitrogens with zero attached hydrogens (tertiary/aromatic N) is 3. The largest absolute Gasteiger partial charge is 0.334 e. The van der Waals surface area contributed by atoms with Gasteiger partial charge in [-0.2, -0.15) is 0 Å². The van der Waals surface area contributed by atoms with Gasteiger partial charge in [-0.3, -0.25) is 0 Å². The minimum Gasteiger partial charge on any atom is -0.334 e. The molecule has 0 radical (unpaired) electrons. The molecule has 0 saturated carbocycles. The Kier molecular flexibility index (Phi) is 4.42. The van der Waals surface area contributed by atoms with Gasteiger partial charge in [0.05, 0.1) is 0 Å². The first kappa shape index (κ1) is 11.5. The number of imidazole rings is 1. The van der Waals surface area contributed by atoms with Crippen LogP contribution in [0.15, 0.2) is 12.4 Å². The second kappa shape index (κ2) is 5.37. The molecule has 0 spiro atoms. The van der Waals surface area contributed by atoms with Crippen molar-refractivity contribution in [2.75, 3.05) is 20.1 Å². The molecule has 0 N–H and O–H groups in total. The zero-order valence-electron chi connectivity index (χ0n) is 9.07. The Morgan fingerprint density at radius 3 is 2.86 bits per heavy atom. The van der Waals surface area contributed by atoms with E-state index in [0.717, 1.165) is 25.5 Å². The van der Waals surface area contributed by atoms with Crippen molar-refractivity contribution >= 4 is 11.6 Å². The zero-order chi connectivity index (χ0) is 10.6. The van der Waals surface area contributed by atoms with Crippen molar-refractivity contribution in [1.29, 1.82) is 0 Å². The monoisotopic (exact) mass is 215 g/mol. The molecule has 4 heteroatoms. The fourth-order valence-corrected chi connectivity index (χ4v) is 1.67. The highest BCUT2D eigenvalue weighted by molar-refractivity contribution is 6.20. The molecule has 0 aliphatic rings. The number of aromatic nitrogens is 2. The molecule has 0 fully saturated rings. The Labute approximate surface area is 90.7 Å². The van der Waals surface area contributed by atoms with Gasteiger partial charge in [-0.15, -0.1) is 11.6 Å². The van der Waals surface area contributed by atoms with Crippen LogP contribution in [0.4, 0.5) is 0 Å². The van der Waals surface area contributed by atoms with Gasteiger partial charge in [0.2, 0.25) is 0 Å². The van der Waals surface area contributed by atoms with Crippen molar-refractivity contribution in [3.8, 4) is 0 Å². The van der Waals surface area contributed by atoms with E-state index in [4.69, 9.17) is 11.6 Å². The summed E-state index contributed by atoms with van der Waals surface area (Å²) in [5.74, 6) is 1.07. The molecule has 1 atom stereocenters. The standard InChI is InChI=1S/C10H18ClN3/c1-9(11)8-13(3)6-7-14-5-4-12-10(14)2/h4-5,9H,6-8H2,1-3H3. The van der Waals surface area contributed by atoms with Gasteiger partial charge in [0.1, 0.15) is 5.82 Å². The van der Waals surface area contributed by atoms with Gasteiger partial charge in [0.15, 0.2) is 0 Å². The van der Waals surface area contributed by atoms with Gasteiger partial charge >= 0.3 is 0 Å². The van der Waals surface area contributed by atoms with Crippen LogP contribution in [0.2, 0.25) is 0 Å². The summed E-state index contributed by atoms with van der Waals surface area (Å²) in [7, 11) is 2.09. The van der Waals surface area contributed by atoms with E-state index in [1.807, 2.05) is 26.2 Å². The molecule has 0 bridgehead atoms. The average Bonchev–Trinajstić information content (AvgIpc) is 2.46. The third kappa shape index (κ3) is 3.68. The number of halogens is 1. The van der Waals surface area contributed by atoms with E-state index in [1.54, 1.807) is 0 Å². The van der Waals surface area contributed by atoms with Crippen LogP contribution in [-0.2, 0) is 6.54 Å². The second-order valence-electron chi connectivity index (χ2n) is 3.71. The van der Waals surface area contributed by atoms with E-state index in [2.05, 4.69) is 21.5 Å². The molecule has 1 rings (SSSR count). The van der Waals surface area contributed by atoms with E-state index in [1.165, 1.54) is 0 Å². The van der Waals surface area contributed by atoms with E-state index >= 15 is 0 Å². The van der Waals surface area contributed by atoms with Gasteiger partial charge in [0, 0.05) is 37.4 Å². The lowest BCUT2D eigenvalue weighted by molar-refractivity contribution is 0.320. The fourth-order valence-electron chi connectivity index (χ4n) is 1.44. The van der Waals surface area contributed by atoms with Gasteiger partial charge < -0.3 is 9.47 Å². The smallest absolute Gasteiger partial charge is 0.105 e. The molecule has 1 aromatic heterocycles. The van der Waals surface area contributed by atoms with Crippen LogP contribution in [0.25, 0.3) is 0 Å². The molecule has 1 heterocycles. The Morgan fingerprint density at radius 2 is 2.36 bits per heavy atom. The third-order valence-corrected chi connectivity index (χ3v) is 2.35. The Bertz CT molecular complexity index is 270. The molecule has 1 aromatic rings. The fraction of sp³-hybridized carbons (Fsp3) is 0.700. The first-order valence-electron chi connectivity index (χ1n) is 4.90. The molecule has 0 aromatic carbocycles. The summed E-state index contributed by atoms with van der Waals surface area (Å²) >= 11 is 5.90. The van der Waals surface area contributed by atoms with Gasteiger partial charge in [-0.05, 0) is 20.9 Å². The highest BCUT2D eigenvalue weighted by Crippen LogP contribution is 1.99. The molecular formula is C10H18ClN3. The van der Waals surface area contributed by atoms with Crippen molar-refractivity contribution in [3.05, 3.63) is 18.2 Å². The lowest BCUT2D eigenvalue weighted by Gasteiger charge is -2.18. The van der Waals surface area contributed by atoms with Gasteiger partial charge in [-0.1, -0.05) is 0 Å². The predicted octanol–water partition coefficient (Wildman–Crippen LogP) is 1.75. The number of likely N-dealkylation sites (N-methyl/N-ethyl adjacent to an activating group) is 1. The highest BCUT2D eigenvalue weighted by atomic mass is 35.5. The number of hydrogen-bond acceptors (Lipinski definition) is 2.